The third-order valence-electron chi connectivity index (χ3n) is 3.06. The highest BCUT2D eigenvalue weighted by Gasteiger charge is 2.14. The van der Waals surface area contributed by atoms with Gasteiger partial charge in [-0.05, 0) is 13.0 Å². The molecule has 0 N–H and O–H groups in total. The molecule has 0 aliphatic rings. The fourth-order valence-electron chi connectivity index (χ4n) is 1.95. The first-order chi connectivity index (χ1) is 10.4. The van der Waals surface area contributed by atoms with Crippen LogP contribution in [0.15, 0.2) is 17.1 Å². The van der Waals surface area contributed by atoms with Gasteiger partial charge in [0.25, 0.3) is 5.91 Å². The fraction of sp³-hybridized carbons (Fsp3) is 0.467. The molecule has 0 atom stereocenters. The first-order valence-electron chi connectivity index (χ1n) is 7.08. The molecule has 0 unspecified atom stereocenters. The molecule has 120 valence electrons. The van der Waals surface area contributed by atoms with Crippen molar-refractivity contribution in [1.82, 2.24) is 4.57 Å². The molecular formula is C15H18F2N2O2S. The Morgan fingerprint density at radius 3 is 2.77 bits per heavy atom. The lowest BCUT2D eigenvalue weighted by molar-refractivity contribution is -0.120. The number of benzene rings is 1. The summed E-state index contributed by atoms with van der Waals surface area (Å²) in [5.41, 5.74) is 0.251. The lowest BCUT2D eigenvalue weighted by Crippen LogP contribution is -2.21. The summed E-state index contributed by atoms with van der Waals surface area (Å²) in [5.74, 6) is -1.86. The molecule has 4 nitrogen and oxygen atoms in total. The maximum absolute atomic E-state index is 14.1. The van der Waals surface area contributed by atoms with Crippen molar-refractivity contribution in [3.05, 3.63) is 28.6 Å². The van der Waals surface area contributed by atoms with Crippen molar-refractivity contribution in [3.8, 4) is 0 Å². The number of carbonyl (C=O) groups excluding carboxylic acids is 1. The molecule has 2 rings (SSSR count). The summed E-state index contributed by atoms with van der Waals surface area (Å²) in [4.78, 5) is 16.3. The van der Waals surface area contributed by atoms with Crippen molar-refractivity contribution < 1.29 is 18.3 Å². The second-order valence-corrected chi connectivity index (χ2v) is 6.08. The Bertz CT molecular complexity index is 750. The van der Waals surface area contributed by atoms with Crippen LogP contribution in [0, 0.1) is 17.6 Å². The van der Waals surface area contributed by atoms with Gasteiger partial charge in [0.2, 0.25) is 0 Å². The second-order valence-electron chi connectivity index (χ2n) is 5.07. The minimum atomic E-state index is -0.666. The average Bonchev–Trinajstić information content (AvgIpc) is 2.76. The molecule has 2 aromatic rings. The molecule has 0 radical (unpaired) electrons. The molecular weight excluding hydrogens is 310 g/mol. The van der Waals surface area contributed by atoms with E-state index in [1.54, 1.807) is 18.4 Å². The number of fused-ring (bicyclic) bond motifs is 1. The predicted molar refractivity (Wildman–Crippen MR) is 81.6 cm³/mol. The van der Waals surface area contributed by atoms with E-state index in [9.17, 15) is 13.6 Å². The van der Waals surface area contributed by atoms with Gasteiger partial charge in [-0.3, -0.25) is 4.79 Å². The van der Waals surface area contributed by atoms with E-state index in [1.165, 1.54) is 6.07 Å². The summed E-state index contributed by atoms with van der Waals surface area (Å²) in [6.07, 6.45) is 0. The number of ether oxygens (including phenoxy) is 1. The number of hydrogen-bond acceptors (Lipinski definition) is 3. The van der Waals surface area contributed by atoms with Crippen molar-refractivity contribution >= 4 is 27.5 Å². The highest BCUT2D eigenvalue weighted by Crippen LogP contribution is 2.22. The second kappa shape index (κ2) is 7.11. The van der Waals surface area contributed by atoms with Crippen molar-refractivity contribution in [2.45, 2.75) is 27.3 Å². The number of halogens is 2. The normalized spacial score (nSPS) is 12.5. The molecule has 1 heterocycles. The maximum Gasteiger partial charge on any atom is 0.250 e. The lowest BCUT2D eigenvalue weighted by atomic mass is 10.2. The van der Waals surface area contributed by atoms with Crippen LogP contribution in [0.1, 0.15) is 20.8 Å². The molecule has 0 aliphatic heterocycles. The Morgan fingerprint density at radius 1 is 1.41 bits per heavy atom. The summed E-state index contributed by atoms with van der Waals surface area (Å²) in [6.45, 7) is 6.59. The van der Waals surface area contributed by atoms with Crippen molar-refractivity contribution in [2.75, 3.05) is 13.2 Å². The molecule has 0 fully saturated rings. The quantitative estimate of drug-likeness (QED) is 0.792. The summed E-state index contributed by atoms with van der Waals surface area (Å²) >= 11 is 1.10. The minimum Gasteiger partial charge on any atom is -0.380 e. The Morgan fingerprint density at radius 2 is 2.14 bits per heavy atom. The monoisotopic (exact) mass is 328 g/mol. The van der Waals surface area contributed by atoms with Crippen molar-refractivity contribution in [1.29, 1.82) is 0 Å². The number of carbonyl (C=O) groups is 1. The molecule has 0 bridgehead atoms. The standard InChI is InChI=1S/C15H18F2N2O2S/c1-4-21-6-5-19-13-11(17)7-10(16)8-12(13)22-15(19)18-14(20)9(2)3/h7-9H,4-6H2,1-3H3. The molecule has 1 amide bonds. The summed E-state index contributed by atoms with van der Waals surface area (Å²) < 4.78 is 34.8. The number of rotatable bonds is 5. The van der Waals surface area contributed by atoms with E-state index in [4.69, 9.17) is 4.74 Å². The smallest absolute Gasteiger partial charge is 0.250 e. The highest BCUT2D eigenvalue weighted by molar-refractivity contribution is 7.16. The SMILES string of the molecule is CCOCCn1c(=NC(=O)C(C)C)sc2cc(F)cc(F)c21. The number of aromatic nitrogens is 1. The van der Waals surface area contributed by atoms with Crippen LogP contribution in [0.5, 0.6) is 0 Å². The number of amides is 1. The van der Waals surface area contributed by atoms with Crippen LogP contribution in [0.4, 0.5) is 8.78 Å². The van der Waals surface area contributed by atoms with Crippen LogP contribution >= 0.6 is 11.3 Å². The van der Waals surface area contributed by atoms with E-state index in [-0.39, 0.29) is 17.3 Å². The zero-order chi connectivity index (χ0) is 16.3. The van der Waals surface area contributed by atoms with Gasteiger partial charge in [0.15, 0.2) is 10.6 Å². The predicted octanol–water partition coefficient (Wildman–Crippen LogP) is 3.10. The van der Waals surface area contributed by atoms with Gasteiger partial charge in [0, 0.05) is 25.1 Å². The Hall–Kier alpha value is -1.60. The van der Waals surface area contributed by atoms with Gasteiger partial charge >= 0.3 is 0 Å². The molecule has 22 heavy (non-hydrogen) atoms. The van der Waals surface area contributed by atoms with Gasteiger partial charge in [-0.2, -0.15) is 4.99 Å². The summed E-state index contributed by atoms with van der Waals surface area (Å²) in [6, 6.07) is 2.08. The Kier molecular flexibility index (Phi) is 5.42. The molecule has 0 aliphatic carbocycles. The van der Waals surface area contributed by atoms with Crippen LogP contribution < -0.4 is 4.80 Å². The van der Waals surface area contributed by atoms with Gasteiger partial charge in [-0.25, -0.2) is 8.78 Å². The molecule has 0 saturated carbocycles. The van der Waals surface area contributed by atoms with E-state index < -0.39 is 11.6 Å². The van der Waals surface area contributed by atoms with Gasteiger partial charge in [0.05, 0.1) is 16.8 Å². The number of nitrogens with zero attached hydrogens (tertiary/aromatic N) is 2. The van der Waals surface area contributed by atoms with Crippen molar-refractivity contribution in [2.24, 2.45) is 10.9 Å². The lowest BCUT2D eigenvalue weighted by Gasteiger charge is -2.06. The van der Waals surface area contributed by atoms with E-state index in [1.807, 2.05) is 6.92 Å². The highest BCUT2D eigenvalue weighted by atomic mass is 32.1. The van der Waals surface area contributed by atoms with Crippen LogP contribution in [0.3, 0.4) is 0 Å². The zero-order valence-electron chi connectivity index (χ0n) is 12.7. The first-order valence-corrected chi connectivity index (χ1v) is 7.90. The molecule has 0 spiro atoms. The topological polar surface area (TPSA) is 43.6 Å². The largest absolute Gasteiger partial charge is 0.380 e. The van der Waals surface area contributed by atoms with Crippen molar-refractivity contribution in [3.63, 3.8) is 0 Å². The van der Waals surface area contributed by atoms with E-state index >= 15 is 0 Å². The Labute approximate surface area is 131 Å². The van der Waals surface area contributed by atoms with Crippen LogP contribution in [-0.2, 0) is 16.1 Å². The van der Waals surface area contributed by atoms with Gasteiger partial charge < -0.3 is 9.30 Å². The fourth-order valence-corrected chi connectivity index (χ4v) is 3.05. The van der Waals surface area contributed by atoms with Crippen LogP contribution in [-0.4, -0.2) is 23.7 Å². The number of thiazole rings is 1. The maximum atomic E-state index is 14.1. The van der Waals surface area contributed by atoms with E-state index in [0.717, 1.165) is 17.4 Å². The van der Waals surface area contributed by atoms with Gasteiger partial charge in [0.1, 0.15) is 5.82 Å². The van der Waals surface area contributed by atoms with Gasteiger partial charge in [-0.15, -0.1) is 0 Å². The molecule has 1 aromatic carbocycles. The van der Waals surface area contributed by atoms with E-state index in [0.29, 0.717) is 29.3 Å². The molecule has 1 aromatic heterocycles. The molecule has 0 saturated heterocycles. The third kappa shape index (κ3) is 3.59. The summed E-state index contributed by atoms with van der Waals surface area (Å²) in [7, 11) is 0. The molecule has 7 heteroatoms. The number of hydrogen-bond donors (Lipinski definition) is 0. The van der Waals surface area contributed by atoms with E-state index in [2.05, 4.69) is 4.99 Å². The van der Waals surface area contributed by atoms with Crippen LogP contribution in [0.2, 0.25) is 0 Å². The minimum absolute atomic E-state index is 0.251. The third-order valence-corrected chi connectivity index (χ3v) is 4.08. The average molecular weight is 328 g/mol. The van der Waals surface area contributed by atoms with Gasteiger partial charge in [-0.1, -0.05) is 25.2 Å². The zero-order valence-corrected chi connectivity index (χ0v) is 13.5. The summed E-state index contributed by atoms with van der Waals surface area (Å²) in [5, 5.41) is 0. The first kappa shape index (κ1) is 16.8. The van der Waals surface area contributed by atoms with Crippen LogP contribution in [0.25, 0.3) is 10.2 Å². The Balaban J connectivity index is 2.61.